The van der Waals surface area contributed by atoms with Gasteiger partial charge in [0.2, 0.25) is 0 Å². The Morgan fingerprint density at radius 1 is 1.38 bits per heavy atom. The highest BCUT2D eigenvalue weighted by molar-refractivity contribution is 6.17. The molecule has 114 valence electrons. The van der Waals surface area contributed by atoms with Crippen molar-refractivity contribution in [2.45, 2.75) is 32.7 Å². The minimum absolute atomic E-state index is 0.212. The van der Waals surface area contributed by atoms with Crippen LogP contribution in [0.2, 0.25) is 0 Å². The van der Waals surface area contributed by atoms with Crippen LogP contribution in [0.1, 0.15) is 32.6 Å². The molecule has 2 aromatic rings. The summed E-state index contributed by atoms with van der Waals surface area (Å²) >= 11 is 5.98. The zero-order valence-corrected chi connectivity index (χ0v) is 13.2. The van der Waals surface area contributed by atoms with Crippen LogP contribution in [0.25, 0.3) is 11.0 Å². The van der Waals surface area contributed by atoms with Gasteiger partial charge in [-0.2, -0.15) is 0 Å². The number of carbonyl (C=O) groups excluding carboxylic acids is 1. The maximum absolute atomic E-state index is 12.0. The zero-order chi connectivity index (χ0) is 15.4. The maximum atomic E-state index is 12.0. The molecule has 0 spiro atoms. The van der Waals surface area contributed by atoms with E-state index in [1.807, 2.05) is 29.7 Å². The minimum Gasteiger partial charge on any atom is -0.492 e. The van der Waals surface area contributed by atoms with Crippen LogP contribution in [0.15, 0.2) is 18.2 Å². The van der Waals surface area contributed by atoms with Gasteiger partial charge in [0.15, 0.2) is 0 Å². The smallest absolute Gasteiger partial charge is 0.328 e. The molecule has 0 amide bonds. The van der Waals surface area contributed by atoms with Crippen LogP contribution >= 0.6 is 11.6 Å². The third kappa shape index (κ3) is 2.97. The van der Waals surface area contributed by atoms with E-state index in [1.54, 1.807) is 13.8 Å². The first-order chi connectivity index (χ1) is 10.1. The molecule has 1 aromatic carbocycles. The quantitative estimate of drug-likeness (QED) is 0.607. The molecule has 1 atom stereocenters. The molecule has 0 N–H and O–H groups in total. The molecule has 1 aromatic heterocycles. The molecule has 5 nitrogen and oxygen atoms in total. The molecule has 6 heteroatoms. The summed E-state index contributed by atoms with van der Waals surface area (Å²) in [6, 6.07) is 5.15. The SMILES string of the molecule is CCOC(=O)C(C)n1c(CCl)nc2c(OCC)cccc21. The van der Waals surface area contributed by atoms with Gasteiger partial charge in [0.05, 0.1) is 24.6 Å². The molecule has 0 saturated heterocycles. The fourth-order valence-corrected chi connectivity index (χ4v) is 2.49. The molecular weight excluding hydrogens is 292 g/mol. The third-order valence-corrected chi connectivity index (χ3v) is 3.43. The van der Waals surface area contributed by atoms with Crippen molar-refractivity contribution >= 4 is 28.6 Å². The summed E-state index contributed by atoms with van der Waals surface area (Å²) in [6.07, 6.45) is 0. The highest BCUT2D eigenvalue weighted by atomic mass is 35.5. The average molecular weight is 311 g/mol. The summed E-state index contributed by atoms with van der Waals surface area (Å²) in [7, 11) is 0. The number of halogens is 1. The Morgan fingerprint density at radius 3 is 2.76 bits per heavy atom. The Bertz CT molecular complexity index is 639. The van der Waals surface area contributed by atoms with Gasteiger partial charge in [-0.15, -0.1) is 11.6 Å². The summed E-state index contributed by atoms with van der Waals surface area (Å²) in [5, 5.41) is 0. The minimum atomic E-state index is -0.486. The fourth-order valence-electron chi connectivity index (χ4n) is 2.31. The zero-order valence-electron chi connectivity index (χ0n) is 12.4. The Morgan fingerprint density at radius 2 is 2.14 bits per heavy atom. The van der Waals surface area contributed by atoms with Gasteiger partial charge in [-0.25, -0.2) is 9.78 Å². The van der Waals surface area contributed by atoms with Gasteiger partial charge in [-0.05, 0) is 32.9 Å². The molecule has 1 unspecified atom stereocenters. The highest BCUT2D eigenvalue weighted by Gasteiger charge is 2.23. The van der Waals surface area contributed by atoms with Crippen molar-refractivity contribution in [2.24, 2.45) is 0 Å². The lowest BCUT2D eigenvalue weighted by atomic mass is 10.2. The lowest BCUT2D eigenvalue weighted by molar-refractivity contribution is -0.146. The Labute approximate surface area is 128 Å². The molecule has 21 heavy (non-hydrogen) atoms. The van der Waals surface area contributed by atoms with Crippen molar-refractivity contribution in [3.63, 3.8) is 0 Å². The largest absolute Gasteiger partial charge is 0.492 e. The van der Waals surface area contributed by atoms with Gasteiger partial charge in [0.25, 0.3) is 0 Å². The Kier molecular flexibility index (Phi) is 5.07. The predicted molar refractivity (Wildman–Crippen MR) is 81.8 cm³/mol. The number of rotatable bonds is 6. The van der Waals surface area contributed by atoms with Crippen LogP contribution in [-0.4, -0.2) is 28.7 Å². The second-order valence-electron chi connectivity index (χ2n) is 4.52. The number of aromatic nitrogens is 2. The van der Waals surface area contributed by atoms with Gasteiger partial charge in [-0.3, -0.25) is 0 Å². The lowest BCUT2D eigenvalue weighted by Gasteiger charge is -2.15. The van der Waals surface area contributed by atoms with E-state index < -0.39 is 6.04 Å². The number of hydrogen-bond acceptors (Lipinski definition) is 4. The molecular formula is C15H19ClN2O3. The first kappa shape index (κ1) is 15.6. The summed E-state index contributed by atoms with van der Waals surface area (Å²) in [6.45, 7) is 6.38. The number of hydrogen-bond donors (Lipinski definition) is 0. The Hall–Kier alpha value is -1.75. The van der Waals surface area contributed by atoms with Crippen LogP contribution < -0.4 is 4.74 Å². The van der Waals surface area contributed by atoms with Gasteiger partial charge >= 0.3 is 5.97 Å². The van der Waals surface area contributed by atoms with E-state index in [1.165, 1.54) is 0 Å². The van der Waals surface area contributed by atoms with E-state index in [0.29, 0.717) is 30.3 Å². The van der Waals surface area contributed by atoms with Crippen molar-refractivity contribution in [3.05, 3.63) is 24.0 Å². The molecule has 0 aliphatic carbocycles. The van der Waals surface area contributed by atoms with Crippen molar-refractivity contribution in [3.8, 4) is 5.75 Å². The third-order valence-electron chi connectivity index (χ3n) is 3.19. The van der Waals surface area contributed by atoms with Crippen LogP contribution in [0.3, 0.4) is 0 Å². The second-order valence-corrected chi connectivity index (χ2v) is 4.78. The molecule has 0 saturated carbocycles. The van der Waals surface area contributed by atoms with Crippen molar-refractivity contribution in [2.75, 3.05) is 13.2 Å². The number of ether oxygens (including phenoxy) is 2. The van der Waals surface area contributed by atoms with E-state index in [0.717, 1.165) is 5.52 Å². The predicted octanol–water partition coefficient (Wildman–Crippen LogP) is 3.30. The van der Waals surface area contributed by atoms with E-state index in [2.05, 4.69) is 4.98 Å². The maximum Gasteiger partial charge on any atom is 0.328 e. The van der Waals surface area contributed by atoms with Gasteiger partial charge in [-0.1, -0.05) is 6.07 Å². The van der Waals surface area contributed by atoms with Crippen LogP contribution in [-0.2, 0) is 15.4 Å². The molecule has 2 rings (SSSR count). The van der Waals surface area contributed by atoms with Crippen LogP contribution in [0.4, 0.5) is 0 Å². The Balaban J connectivity index is 2.56. The summed E-state index contributed by atoms with van der Waals surface area (Å²) in [5.41, 5.74) is 1.53. The molecule has 1 heterocycles. The topological polar surface area (TPSA) is 53.4 Å². The number of fused-ring (bicyclic) bond motifs is 1. The van der Waals surface area contributed by atoms with Crippen LogP contribution in [0, 0.1) is 0 Å². The van der Waals surface area contributed by atoms with Gasteiger partial charge in [0, 0.05) is 0 Å². The number of nitrogens with zero attached hydrogens (tertiary/aromatic N) is 2. The standard InChI is InChI=1S/C15H19ClN2O3/c1-4-20-12-8-6-7-11-14(12)17-13(9-16)18(11)10(3)15(19)21-5-2/h6-8,10H,4-5,9H2,1-3H3. The highest BCUT2D eigenvalue weighted by Crippen LogP contribution is 2.29. The number of para-hydroxylation sites is 1. The number of alkyl halides is 1. The normalized spacial score (nSPS) is 12.4. The van der Waals surface area contributed by atoms with E-state index >= 15 is 0 Å². The number of esters is 1. The first-order valence-corrected chi connectivity index (χ1v) is 7.52. The molecule has 0 radical (unpaired) electrons. The lowest BCUT2D eigenvalue weighted by Crippen LogP contribution is -2.20. The molecule has 0 aliphatic rings. The number of carbonyl (C=O) groups is 1. The average Bonchev–Trinajstić information content (AvgIpc) is 2.86. The number of benzene rings is 1. The first-order valence-electron chi connectivity index (χ1n) is 6.99. The summed E-state index contributed by atoms with van der Waals surface area (Å²) in [4.78, 5) is 16.5. The summed E-state index contributed by atoms with van der Waals surface area (Å²) < 4.78 is 12.5. The fraction of sp³-hybridized carbons (Fsp3) is 0.467. The molecule has 0 fully saturated rings. The van der Waals surface area contributed by atoms with Crippen molar-refractivity contribution in [1.82, 2.24) is 9.55 Å². The van der Waals surface area contributed by atoms with E-state index in [9.17, 15) is 4.79 Å². The van der Waals surface area contributed by atoms with Gasteiger partial charge in [0.1, 0.15) is 23.1 Å². The molecule has 0 bridgehead atoms. The van der Waals surface area contributed by atoms with Gasteiger partial charge < -0.3 is 14.0 Å². The monoisotopic (exact) mass is 310 g/mol. The number of imidazole rings is 1. The van der Waals surface area contributed by atoms with E-state index in [-0.39, 0.29) is 11.8 Å². The van der Waals surface area contributed by atoms with Crippen LogP contribution in [0.5, 0.6) is 5.75 Å². The van der Waals surface area contributed by atoms with Crippen molar-refractivity contribution in [1.29, 1.82) is 0 Å². The molecule has 0 aliphatic heterocycles. The second kappa shape index (κ2) is 6.80. The van der Waals surface area contributed by atoms with Crippen molar-refractivity contribution < 1.29 is 14.3 Å². The van der Waals surface area contributed by atoms with E-state index in [4.69, 9.17) is 21.1 Å². The summed E-state index contributed by atoms with van der Waals surface area (Å²) in [5.74, 6) is 1.23.